The Bertz CT molecular complexity index is 636. The molecule has 24 heavy (non-hydrogen) atoms. The van der Waals surface area contributed by atoms with Gasteiger partial charge in [0.05, 0.1) is 17.1 Å². The summed E-state index contributed by atoms with van der Waals surface area (Å²) in [6.07, 6.45) is 0. The van der Waals surface area contributed by atoms with E-state index in [0.717, 1.165) is 29.9 Å². The first-order valence-corrected chi connectivity index (χ1v) is 8.02. The van der Waals surface area contributed by atoms with Gasteiger partial charge in [0.15, 0.2) is 0 Å². The van der Waals surface area contributed by atoms with Gasteiger partial charge in [-0.2, -0.15) is 0 Å². The van der Waals surface area contributed by atoms with E-state index in [0.29, 0.717) is 5.92 Å². The lowest BCUT2D eigenvalue weighted by atomic mass is 9.88. The molecule has 3 rings (SSSR count). The largest absolute Gasteiger partial charge is 0.346 e. The van der Waals surface area contributed by atoms with Gasteiger partial charge in [-0.1, -0.05) is 32.9 Å². The number of aromatic amines is 1. The second-order valence-electron chi connectivity index (χ2n) is 6.58. The Hall–Kier alpha value is -1.30. The first kappa shape index (κ1) is 20.7. The van der Waals surface area contributed by atoms with Gasteiger partial charge >= 0.3 is 0 Å². The molecule has 2 heterocycles. The third-order valence-electron chi connectivity index (χ3n) is 4.60. The van der Waals surface area contributed by atoms with E-state index in [2.05, 4.69) is 34.4 Å². The number of hydrogen-bond acceptors (Lipinski definition) is 3. The SMILES string of the molecule is CC(C)C(NC(=O)C(C)C1CNC1)c1nc2ccccc2[nH]1.Cl.Cl. The summed E-state index contributed by atoms with van der Waals surface area (Å²) in [5.41, 5.74) is 1.95. The number of nitrogens with one attached hydrogen (secondary N) is 3. The number of nitrogens with zero attached hydrogens (tertiary/aromatic N) is 1. The van der Waals surface area contributed by atoms with Crippen LogP contribution in [0.5, 0.6) is 0 Å². The van der Waals surface area contributed by atoms with E-state index in [4.69, 9.17) is 0 Å². The molecule has 1 amide bonds. The van der Waals surface area contributed by atoms with E-state index < -0.39 is 0 Å². The number of H-pyrrole nitrogens is 1. The number of carbonyl (C=O) groups excluding carboxylic acids is 1. The van der Waals surface area contributed by atoms with E-state index in [-0.39, 0.29) is 48.6 Å². The highest BCUT2D eigenvalue weighted by Crippen LogP contribution is 2.24. The molecule has 2 atom stereocenters. The van der Waals surface area contributed by atoms with Gasteiger partial charge in [0, 0.05) is 5.92 Å². The van der Waals surface area contributed by atoms with E-state index in [1.165, 1.54) is 0 Å². The van der Waals surface area contributed by atoms with Crippen LogP contribution in [0.1, 0.15) is 32.6 Å². The number of carbonyl (C=O) groups is 1. The smallest absolute Gasteiger partial charge is 0.223 e. The Labute approximate surface area is 155 Å². The van der Waals surface area contributed by atoms with Gasteiger partial charge in [-0.05, 0) is 37.1 Å². The maximum atomic E-state index is 12.5. The molecule has 1 saturated heterocycles. The van der Waals surface area contributed by atoms with Crippen molar-refractivity contribution in [2.24, 2.45) is 17.8 Å². The van der Waals surface area contributed by atoms with Gasteiger partial charge in [0.2, 0.25) is 5.91 Å². The second-order valence-corrected chi connectivity index (χ2v) is 6.58. The van der Waals surface area contributed by atoms with Crippen LogP contribution in [0, 0.1) is 17.8 Å². The number of amides is 1. The van der Waals surface area contributed by atoms with Crippen molar-refractivity contribution < 1.29 is 4.79 Å². The van der Waals surface area contributed by atoms with Crippen LogP contribution < -0.4 is 10.6 Å². The molecule has 1 aliphatic rings. The lowest BCUT2D eigenvalue weighted by molar-refractivity contribution is -0.127. The fourth-order valence-corrected chi connectivity index (χ4v) is 2.83. The molecular weight excluding hydrogens is 347 g/mol. The molecule has 134 valence electrons. The second kappa shape index (κ2) is 8.70. The first-order chi connectivity index (χ1) is 10.6. The quantitative estimate of drug-likeness (QED) is 0.755. The topological polar surface area (TPSA) is 69.8 Å². The Kier molecular flexibility index (Phi) is 7.52. The van der Waals surface area contributed by atoms with Gasteiger partial charge in [-0.25, -0.2) is 4.98 Å². The monoisotopic (exact) mass is 372 g/mol. The minimum atomic E-state index is -0.0876. The highest BCUT2D eigenvalue weighted by molar-refractivity contribution is 5.85. The van der Waals surface area contributed by atoms with Crippen LogP contribution in [0.15, 0.2) is 24.3 Å². The van der Waals surface area contributed by atoms with Gasteiger partial charge in [0.25, 0.3) is 0 Å². The number of halogens is 2. The maximum absolute atomic E-state index is 12.5. The zero-order valence-corrected chi connectivity index (χ0v) is 15.8. The van der Waals surface area contributed by atoms with Crippen molar-refractivity contribution in [1.29, 1.82) is 0 Å². The minimum Gasteiger partial charge on any atom is -0.346 e. The molecular formula is C17H26Cl2N4O. The molecule has 0 aliphatic carbocycles. The number of aromatic nitrogens is 2. The van der Waals surface area contributed by atoms with Crippen LogP contribution in [0.3, 0.4) is 0 Å². The molecule has 2 unspecified atom stereocenters. The van der Waals surface area contributed by atoms with E-state index >= 15 is 0 Å². The highest BCUT2D eigenvalue weighted by atomic mass is 35.5. The zero-order chi connectivity index (χ0) is 15.7. The van der Waals surface area contributed by atoms with Crippen LogP contribution >= 0.6 is 24.8 Å². The average Bonchev–Trinajstić information content (AvgIpc) is 2.85. The summed E-state index contributed by atoms with van der Waals surface area (Å²) < 4.78 is 0. The van der Waals surface area contributed by atoms with Crippen LogP contribution in [0.4, 0.5) is 0 Å². The number of hydrogen-bond donors (Lipinski definition) is 3. The maximum Gasteiger partial charge on any atom is 0.223 e. The summed E-state index contributed by atoms with van der Waals surface area (Å²) in [7, 11) is 0. The number of rotatable bonds is 5. The predicted octanol–water partition coefficient (Wildman–Crippen LogP) is 3.08. The molecule has 0 saturated carbocycles. The highest BCUT2D eigenvalue weighted by Gasteiger charge is 2.31. The number of imidazole rings is 1. The third-order valence-corrected chi connectivity index (χ3v) is 4.60. The van der Waals surface area contributed by atoms with Gasteiger partial charge in [0.1, 0.15) is 5.82 Å². The predicted molar refractivity (Wildman–Crippen MR) is 102 cm³/mol. The number of fused-ring (bicyclic) bond motifs is 1. The molecule has 1 fully saturated rings. The van der Waals surface area contributed by atoms with Crippen molar-refractivity contribution in [1.82, 2.24) is 20.6 Å². The normalized spacial score (nSPS) is 16.7. The summed E-state index contributed by atoms with van der Waals surface area (Å²) in [5, 5.41) is 6.41. The molecule has 5 nitrogen and oxygen atoms in total. The van der Waals surface area contributed by atoms with Crippen LogP contribution in [-0.2, 0) is 4.79 Å². The van der Waals surface area contributed by atoms with Gasteiger partial charge < -0.3 is 15.6 Å². The zero-order valence-electron chi connectivity index (χ0n) is 14.2. The Morgan fingerprint density at radius 2 is 1.88 bits per heavy atom. The van der Waals surface area contributed by atoms with Crippen LogP contribution in [-0.4, -0.2) is 29.0 Å². The molecule has 0 bridgehead atoms. The summed E-state index contributed by atoms with van der Waals surface area (Å²) in [5.74, 6) is 1.71. The molecule has 1 aliphatic heterocycles. The number of para-hydroxylation sites is 2. The number of benzene rings is 1. The van der Waals surface area contributed by atoms with Crippen LogP contribution in [0.2, 0.25) is 0 Å². The molecule has 3 N–H and O–H groups in total. The molecule has 0 spiro atoms. The minimum absolute atomic E-state index is 0. The van der Waals surface area contributed by atoms with Gasteiger partial charge in [-0.3, -0.25) is 4.79 Å². The van der Waals surface area contributed by atoms with E-state index in [9.17, 15) is 4.79 Å². The van der Waals surface area contributed by atoms with E-state index in [1.807, 2.05) is 31.2 Å². The van der Waals surface area contributed by atoms with Crippen molar-refractivity contribution in [3.8, 4) is 0 Å². The van der Waals surface area contributed by atoms with E-state index in [1.54, 1.807) is 0 Å². The van der Waals surface area contributed by atoms with Crippen molar-refractivity contribution in [2.75, 3.05) is 13.1 Å². The molecule has 1 aromatic heterocycles. The summed E-state index contributed by atoms with van der Waals surface area (Å²) in [6, 6.07) is 7.86. The molecule has 0 radical (unpaired) electrons. The third kappa shape index (κ3) is 4.21. The summed E-state index contributed by atoms with van der Waals surface area (Å²) in [6.45, 7) is 8.09. The fraction of sp³-hybridized carbons (Fsp3) is 0.529. The Balaban J connectivity index is 0.00000144. The summed E-state index contributed by atoms with van der Waals surface area (Å²) >= 11 is 0. The van der Waals surface area contributed by atoms with Crippen molar-refractivity contribution >= 4 is 41.8 Å². The molecule has 2 aromatic rings. The lowest BCUT2D eigenvalue weighted by Gasteiger charge is -2.33. The van der Waals surface area contributed by atoms with Crippen molar-refractivity contribution in [2.45, 2.75) is 26.8 Å². The Morgan fingerprint density at radius 3 is 2.42 bits per heavy atom. The first-order valence-electron chi connectivity index (χ1n) is 8.02. The van der Waals surface area contributed by atoms with Crippen molar-refractivity contribution in [3.05, 3.63) is 30.1 Å². The summed E-state index contributed by atoms with van der Waals surface area (Å²) in [4.78, 5) is 20.5. The van der Waals surface area contributed by atoms with Crippen molar-refractivity contribution in [3.63, 3.8) is 0 Å². The lowest BCUT2D eigenvalue weighted by Crippen LogP contribution is -2.50. The fourth-order valence-electron chi connectivity index (χ4n) is 2.83. The standard InChI is InChI=1S/C17H24N4O.2ClH/c1-10(2)15(21-17(22)11(3)12-8-18-9-12)16-19-13-6-4-5-7-14(13)20-16;;/h4-7,10-12,15,18H,8-9H2,1-3H3,(H,19,20)(H,21,22);2*1H. The molecule has 7 heteroatoms. The average molecular weight is 373 g/mol. The molecule has 1 aromatic carbocycles. The Morgan fingerprint density at radius 1 is 1.21 bits per heavy atom. The van der Waals surface area contributed by atoms with Gasteiger partial charge in [-0.15, -0.1) is 24.8 Å². The van der Waals surface area contributed by atoms with Crippen LogP contribution in [0.25, 0.3) is 11.0 Å².